The molecule has 1 heterocycles. The van der Waals surface area contributed by atoms with Crippen LogP contribution in [0.1, 0.15) is 0 Å². The van der Waals surface area contributed by atoms with Crippen molar-refractivity contribution >= 4 is 35.1 Å². The van der Waals surface area contributed by atoms with Crippen molar-refractivity contribution in [2.45, 2.75) is 19.6 Å². The quantitative estimate of drug-likeness (QED) is 0.242. The molecule has 35 heavy (non-hydrogen) atoms. The molecular weight excluding hydrogens is 442 g/mol. The third kappa shape index (κ3) is 4.20. The van der Waals surface area contributed by atoms with Gasteiger partial charge >= 0.3 is 0 Å². The van der Waals surface area contributed by atoms with Gasteiger partial charge in [-0.25, -0.2) is 4.98 Å². The van der Waals surface area contributed by atoms with Crippen molar-refractivity contribution in [2.24, 2.45) is 0 Å². The maximum atomic E-state index is 5.96. The molecule has 0 saturated heterocycles. The van der Waals surface area contributed by atoms with Gasteiger partial charge in [-0.2, -0.15) is 0 Å². The molecule has 0 aliphatic heterocycles. The molecule has 6 rings (SSSR count). The Labute approximate surface area is 206 Å². The number of oxazole rings is 1. The molecule has 0 radical (unpaired) electrons. The molecule has 0 fully saturated rings. The van der Waals surface area contributed by atoms with Gasteiger partial charge in [-0.05, 0) is 63.4 Å². The summed E-state index contributed by atoms with van der Waals surface area (Å²) in [5.41, 5.74) is 7.68. The van der Waals surface area contributed by atoms with Gasteiger partial charge in [-0.3, -0.25) is 0 Å². The van der Waals surface area contributed by atoms with Gasteiger partial charge in [0, 0.05) is 5.56 Å². The summed E-state index contributed by atoms with van der Waals surface area (Å²) >= 11 is 0. The van der Waals surface area contributed by atoms with Gasteiger partial charge in [0.25, 0.3) is 0 Å². The Hall–Kier alpha value is -3.95. The van der Waals surface area contributed by atoms with Crippen LogP contribution in [-0.4, -0.2) is 13.1 Å². The molecule has 5 aromatic carbocycles. The number of hydrogen-bond acceptors (Lipinski definition) is 2. The van der Waals surface area contributed by atoms with E-state index in [2.05, 4.69) is 110 Å². The standard InChI is InChI=1S/C32H27NOSi/c1-35(2,3)29-8-6-7-24(21-29)22-11-13-23(14-12-22)25-15-16-27-20-28(18-17-26(27)19-25)32-33-30-9-4-5-10-31(30)34-32/h4-21H,1-3H3. The highest BCUT2D eigenvalue weighted by molar-refractivity contribution is 6.88. The number of hydrogen-bond donors (Lipinski definition) is 0. The van der Waals surface area contributed by atoms with Crippen LogP contribution in [0.4, 0.5) is 0 Å². The fraction of sp³-hybridized carbons (Fsp3) is 0.0938. The molecule has 6 aromatic rings. The van der Waals surface area contributed by atoms with Crippen LogP contribution in [0.5, 0.6) is 0 Å². The Morgan fingerprint density at radius 3 is 1.83 bits per heavy atom. The summed E-state index contributed by atoms with van der Waals surface area (Å²) in [6, 6.07) is 38.9. The Kier molecular flexibility index (Phi) is 5.16. The van der Waals surface area contributed by atoms with Gasteiger partial charge in [0.15, 0.2) is 5.58 Å². The Morgan fingerprint density at radius 2 is 1.14 bits per heavy atom. The summed E-state index contributed by atoms with van der Waals surface area (Å²) in [4.78, 5) is 4.64. The minimum absolute atomic E-state index is 0.658. The van der Waals surface area contributed by atoms with Crippen molar-refractivity contribution in [3.05, 3.63) is 109 Å². The lowest BCUT2D eigenvalue weighted by atomic mass is 9.97. The zero-order valence-electron chi connectivity index (χ0n) is 20.2. The van der Waals surface area contributed by atoms with E-state index < -0.39 is 8.07 Å². The van der Waals surface area contributed by atoms with Gasteiger partial charge in [-0.15, -0.1) is 0 Å². The normalized spacial score (nSPS) is 11.9. The molecule has 0 aliphatic carbocycles. The van der Waals surface area contributed by atoms with E-state index in [0.717, 1.165) is 16.7 Å². The predicted octanol–water partition coefficient (Wildman–Crippen LogP) is 8.53. The first-order valence-corrected chi connectivity index (χ1v) is 15.6. The first-order chi connectivity index (χ1) is 16.9. The summed E-state index contributed by atoms with van der Waals surface area (Å²) in [6.45, 7) is 7.18. The zero-order chi connectivity index (χ0) is 24.0. The lowest BCUT2D eigenvalue weighted by molar-refractivity contribution is 0.620. The van der Waals surface area contributed by atoms with Crippen molar-refractivity contribution in [2.75, 3.05) is 0 Å². The van der Waals surface area contributed by atoms with Crippen LogP contribution in [-0.2, 0) is 0 Å². The van der Waals surface area contributed by atoms with Crippen LogP contribution < -0.4 is 5.19 Å². The fourth-order valence-electron chi connectivity index (χ4n) is 4.57. The molecule has 0 unspecified atom stereocenters. The van der Waals surface area contributed by atoms with Gasteiger partial charge in [0.2, 0.25) is 5.89 Å². The van der Waals surface area contributed by atoms with Gasteiger partial charge in [-0.1, -0.05) is 104 Å². The number of rotatable bonds is 4. The van der Waals surface area contributed by atoms with E-state index in [4.69, 9.17) is 4.42 Å². The van der Waals surface area contributed by atoms with E-state index in [0.29, 0.717) is 5.89 Å². The molecule has 0 N–H and O–H groups in total. The van der Waals surface area contributed by atoms with Gasteiger partial charge in [0.1, 0.15) is 5.52 Å². The molecule has 170 valence electrons. The number of nitrogens with zero attached hydrogens (tertiary/aromatic N) is 1. The second kappa shape index (κ2) is 8.37. The van der Waals surface area contributed by atoms with Crippen molar-refractivity contribution in [3.63, 3.8) is 0 Å². The van der Waals surface area contributed by atoms with Crippen LogP contribution in [0.3, 0.4) is 0 Å². The summed E-state index contributed by atoms with van der Waals surface area (Å²) in [5.74, 6) is 0.658. The van der Waals surface area contributed by atoms with E-state index in [-0.39, 0.29) is 0 Å². The third-order valence-corrected chi connectivity index (χ3v) is 8.70. The van der Waals surface area contributed by atoms with E-state index in [1.54, 1.807) is 0 Å². The summed E-state index contributed by atoms with van der Waals surface area (Å²) in [6.07, 6.45) is 0. The largest absolute Gasteiger partial charge is 0.436 e. The fourth-order valence-corrected chi connectivity index (χ4v) is 5.76. The van der Waals surface area contributed by atoms with Gasteiger partial charge < -0.3 is 4.42 Å². The van der Waals surface area contributed by atoms with Crippen LogP contribution in [0.25, 0.3) is 55.6 Å². The maximum absolute atomic E-state index is 5.96. The number of benzene rings is 5. The minimum atomic E-state index is -1.33. The lowest BCUT2D eigenvalue weighted by Crippen LogP contribution is -2.37. The molecule has 1 aromatic heterocycles. The van der Waals surface area contributed by atoms with E-state index in [1.807, 2.05) is 24.3 Å². The highest BCUT2D eigenvalue weighted by atomic mass is 28.3. The molecule has 0 saturated carbocycles. The van der Waals surface area contributed by atoms with E-state index in [1.165, 1.54) is 38.2 Å². The van der Waals surface area contributed by atoms with E-state index in [9.17, 15) is 0 Å². The zero-order valence-corrected chi connectivity index (χ0v) is 21.2. The van der Waals surface area contributed by atoms with Crippen LogP contribution >= 0.6 is 0 Å². The van der Waals surface area contributed by atoms with Crippen molar-refractivity contribution in [1.29, 1.82) is 0 Å². The lowest BCUT2D eigenvalue weighted by Gasteiger charge is -2.17. The first-order valence-electron chi connectivity index (χ1n) is 12.1. The SMILES string of the molecule is C[Si](C)(C)c1cccc(-c2ccc(-c3ccc4cc(-c5nc6ccccc6o5)ccc4c3)cc2)c1. The minimum Gasteiger partial charge on any atom is -0.436 e. The molecule has 0 amide bonds. The van der Waals surface area contributed by atoms with Gasteiger partial charge in [0.05, 0.1) is 8.07 Å². The average Bonchev–Trinajstić information content (AvgIpc) is 3.32. The summed E-state index contributed by atoms with van der Waals surface area (Å²) in [7, 11) is -1.33. The molecule has 3 heteroatoms. The molecule has 2 nitrogen and oxygen atoms in total. The highest BCUT2D eigenvalue weighted by Crippen LogP contribution is 2.31. The maximum Gasteiger partial charge on any atom is 0.227 e. The van der Waals surface area contributed by atoms with Crippen LogP contribution in [0.2, 0.25) is 19.6 Å². The van der Waals surface area contributed by atoms with E-state index >= 15 is 0 Å². The van der Waals surface area contributed by atoms with Crippen molar-refractivity contribution in [1.82, 2.24) is 4.98 Å². The van der Waals surface area contributed by atoms with Crippen molar-refractivity contribution < 1.29 is 4.42 Å². The third-order valence-electron chi connectivity index (χ3n) is 6.66. The average molecular weight is 470 g/mol. The Balaban J connectivity index is 1.30. The monoisotopic (exact) mass is 469 g/mol. The summed E-state index contributed by atoms with van der Waals surface area (Å²) < 4.78 is 5.96. The molecule has 0 atom stereocenters. The molecular formula is C32H27NOSi. The molecule has 0 aliphatic rings. The first kappa shape index (κ1) is 21.6. The second-order valence-corrected chi connectivity index (χ2v) is 15.2. The summed E-state index contributed by atoms with van der Waals surface area (Å²) in [5, 5.41) is 3.87. The van der Waals surface area contributed by atoms with Crippen LogP contribution in [0.15, 0.2) is 114 Å². The smallest absolute Gasteiger partial charge is 0.227 e. The second-order valence-electron chi connectivity index (χ2n) is 10.2. The molecule has 0 spiro atoms. The topological polar surface area (TPSA) is 26.0 Å². The van der Waals surface area contributed by atoms with Crippen molar-refractivity contribution in [3.8, 4) is 33.7 Å². The number of fused-ring (bicyclic) bond motifs is 2. The molecule has 0 bridgehead atoms. The predicted molar refractivity (Wildman–Crippen MR) is 151 cm³/mol. The number of para-hydroxylation sites is 2. The number of aromatic nitrogens is 1. The van der Waals surface area contributed by atoms with Crippen LogP contribution in [0, 0.1) is 0 Å². The highest BCUT2D eigenvalue weighted by Gasteiger charge is 2.16. The Morgan fingerprint density at radius 1 is 0.543 bits per heavy atom. The Bertz CT molecular complexity index is 1640.